The Morgan fingerprint density at radius 3 is 2.93 bits per heavy atom. The second-order valence-corrected chi connectivity index (χ2v) is 4.34. The second-order valence-electron chi connectivity index (χ2n) is 3.58. The molecule has 1 aromatic rings. The fraction of sp³-hybridized carbons (Fsp3) is 0.778. The molecule has 0 atom stereocenters. The van der Waals surface area contributed by atoms with Gasteiger partial charge in [0.2, 0.25) is 5.13 Å². The van der Waals surface area contributed by atoms with Gasteiger partial charge in [-0.3, -0.25) is 0 Å². The largest absolute Gasteiger partial charge is 0.381 e. The van der Waals surface area contributed by atoms with E-state index in [1.807, 2.05) is 6.92 Å². The summed E-state index contributed by atoms with van der Waals surface area (Å²) in [5.74, 6) is 1.58. The van der Waals surface area contributed by atoms with Crippen LogP contribution in [0, 0.1) is 12.8 Å². The highest BCUT2D eigenvalue weighted by atomic mass is 32.1. The van der Waals surface area contributed by atoms with Crippen molar-refractivity contribution in [1.29, 1.82) is 0 Å². The van der Waals surface area contributed by atoms with Crippen LogP contribution >= 0.6 is 11.5 Å². The van der Waals surface area contributed by atoms with Crippen LogP contribution in [0.2, 0.25) is 0 Å². The molecule has 1 aromatic heterocycles. The van der Waals surface area contributed by atoms with Crippen LogP contribution in [0.3, 0.4) is 0 Å². The van der Waals surface area contributed by atoms with Gasteiger partial charge in [0.15, 0.2) is 0 Å². The van der Waals surface area contributed by atoms with Crippen molar-refractivity contribution in [2.45, 2.75) is 19.8 Å². The predicted octanol–water partition coefficient (Wildman–Crippen LogP) is 1.69. The number of hydrogen-bond acceptors (Lipinski definition) is 5. The van der Waals surface area contributed by atoms with Gasteiger partial charge in [0.05, 0.1) is 0 Å². The zero-order valence-electron chi connectivity index (χ0n) is 8.32. The Morgan fingerprint density at radius 2 is 2.29 bits per heavy atom. The molecule has 0 unspecified atom stereocenters. The molecule has 0 aromatic carbocycles. The highest BCUT2D eigenvalue weighted by molar-refractivity contribution is 7.09. The third-order valence-corrected chi connectivity index (χ3v) is 3.17. The van der Waals surface area contributed by atoms with E-state index in [9.17, 15) is 0 Å². The average Bonchev–Trinajstić information content (AvgIpc) is 2.63. The Bertz CT molecular complexity index is 283. The lowest BCUT2D eigenvalue weighted by molar-refractivity contribution is 0.0699. The zero-order valence-corrected chi connectivity index (χ0v) is 9.14. The van der Waals surface area contributed by atoms with Crippen molar-refractivity contribution in [2.75, 3.05) is 25.1 Å². The molecule has 1 N–H and O–H groups in total. The maximum absolute atomic E-state index is 5.30. The third kappa shape index (κ3) is 2.65. The fourth-order valence-electron chi connectivity index (χ4n) is 1.55. The molecule has 0 spiro atoms. The van der Waals surface area contributed by atoms with E-state index < -0.39 is 0 Å². The Morgan fingerprint density at radius 1 is 1.50 bits per heavy atom. The molecule has 1 aliphatic rings. The average molecular weight is 213 g/mol. The van der Waals surface area contributed by atoms with Crippen molar-refractivity contribution >= 4 is 16.7 Å². The number of ether oxygens (including phenoxy) is 1. The SMILES string of the molecule is Cc1nsc(NCC2CCOCC2)n1. The Hall–Kier alpha value is -0.680. The summed E-state index contributed by atoms with van der Waals surface area (Å²) in [4.78, 5) is 4.26. The topological polar surface area (TPSA) is 47.0 Å². The Labute approximate surface area is 87.9 Å². The number of aryl methyl sites for hydroxylation is 1. The van der Waals surface area contributed by atoms with Gasteiger partial charge in [-0.05, 0) is 25.7 Å². The van der Waals surface area contributed by atoms with Crippen molar-refractivity contribution in [3.63, 3.8) is 0 Å². The second kappa shape index (κ2) is 4.70. The van der Waals surface area contributed by atoms with E-state index in [2.05, 4.69) is 14.7 Å². The van der Waals surface area contributed by atoms with Crippen LogP contribution in [0.25, 0.3) is 0 Å². The van der Waals surface area contributed by atoms with E-state index in [0.29, 0.717) is 0 Å². The summed E-state index contributed by atoms with van der Waals surface area (Å²) in [6.07, 6.45) is 2.32. The molecule has 0 aliphatic carbocycles. The first-order chi connectivity index (χ1) is 6.84. The zero-order chi connectivity index (χ0) is 9.80. The molecular weight excluding hydrogens is 198 g/mol. The highest BCUT2D eigenvalue weighted by Crippen LogP contribution is 2.16. The van der Waals surface area contributed by atoms with Crippen molar-refractivity contribution in [1.82, 2.24) is 9.36 Å². The standard InChI is InChI=1S/C9H15N3OS/c1-7-11-9(14-12-7)10-6-8-2-4-13-5-3-8/h8H,2-6H2,1H3,(H,10,11,12). The van der Waals surface area contributed by atoms with E-state index in [4.69, 9.17) is 4.74 Å². The van der Waals surface area contributed by atoms with Gasteiger partial charge in [-0.15, -0.1) is 0 Å². The lowest BCUT2D eigenvalue weighted by atomic mass is 10.0. The summed E-state index contributed by atoms with van der Waals surface area (Å²) < 4.78 is 9.43. The van der Waals surface area contributed by atoms with Gasteiger partial charge < -0.3 is 10.1 Å². The van der Waals surface area contributed by atoms with Gasteiger partial charge in [0.25, 0.3) is 0 Å². The molecule has 4 nitrogen and oxygen atoms in total. The molecule has 2 heterocycles. The monoisotopic (exact) mass is 213 g/mol. The van der Waals surface area contributed by atoms with Gasteiger partial charge >= 0.3 is 0 Å². The number of rotatable bonds is 3. The van der Waals surface area contributed by atoms with Crippen LogP contribution in [0.4, 0.5) is 5.13 Å². The van der Waals surface area contributed by atoms with Crippen LogP contribution in [-0.2, 0) is 4.74 Å². The first-order valence-electron chi connectivity index (χ1n) is 4.96. The number of hydrogen-bond donors (Lipinski definition) is 1. The van der Waals surface area contributed by atoms with Crippen molar-refractivity contribution in [3.05, 3.63) is 5.82 Å². The van der Waals surface area contributed by atoms with Crippen LogP contribution < -0.4 is 5.32 Å². The quantitative estimate of drug-likeness (QED) is 0.830. The summed E-state index contributed by atoms with van der Waals surface area (Å²) >= 11 is 1.43. The van der Waals surface area contributed by atoms with E-state index >= 15 is 0 Å². The number of nitrogens with one attached hydrogen (secondary N) is 1. The summed E-state index contributed by atoms with van der Waals surface area (Å²) in [6, 6.07) is 0. The van der Waals surface area contributed by atoms with Gasteiger partial charge in [-0.1, -0.05) is 0 Å². The Kier molecular flexibility index (Phi) is 3.31. The maximum atomic E-state index is 5.30. The molecule has 2 rings (SSSR count). The summed E-state index contributed by atoms with van der Waals surface area (Å²) in [6.45, 7) is 4.72. The van der Waals surface area contributed by atoms with E-state index in [1.54, 1.807) is 0 Å². The predicted molar refractivity (Wildman–Crippen MR) is 56.7 cm³/mol. The normalized spacial score (nSPS) is 18.4. The minimum absolute atomic E-state index is 0.730. The molecule has 14 heavy (non-hydrogen) atoms. The summed E-state index contributed by atoms with van der Waals surface area (Å²) in [5.41, 5.74) is 0. The molecule has 0 radical (unpaired) electrons. The molecule has 0 bridgehead atoms. The molecular formula is C9H15N3OS. The highest BCUT2D eigenvalue weighted by Gasteiger charge is 2.13. The molecule has 1 aliphatic heterocycles. The Balaban J connectivity index is 1.76. The van der Waals surface area contributed by atoms with Crippen LogP contribution in [0.1, 0.15) is 18.7 Å². The number of aromatic nitrogens is 2. The molecule has 5 heteroatoms. The summed E-state index contributed by atoms with van der Waals surface area (Å²) in [7, 11) is 0. The number of nitrogens with zero attached hydrogens (tertiary/aromatic N) is 2. The number of anilines is 1. The van der Waals surface area contributed by atoms with E-state index in [-0.39, 0.29) is 0 Å². The van der Waals surface area contributed by atoms with E-state index in [1.165, 1.54) is 11.5 Å². The van der Waals surface area contributed by atoms with Crippen molar-refractivity contribution < 1.29 is 4.74 Å². The fourth-order valence-corrected chi connectivity index (χ4v) is 2.13. The molecule has 0 amide bonds. The first kappa shape index (κ1) is 9.86. The van der Waals surface area contributed by atoms with Gasteiger partial charge in [0, 0.05) is 31.3 Å². The van der Waals surface area contributed by atoms with Crippen LogP contribution in [0.15, 0.2) is 0 Å². The minimum atomic E-state index is 0.730. The molecule has 1 fully saturated rings. The third-order valence-electron chi connectivity index (χ3n) is 2.41. The maximum Gasteiger partial charge on any atom is 0.202 e. The lowest BCUT2D eigenvalue weighted by Crippen LogP contribution is -2.22. The van der Waals surface area contributed by atoms with Gasteiger partial charge in [0.1, 0.15) is 5.82 Å². The molecule has 78 valence electrons. The lowest BCUT2D eigenvalue weighted by Gasteiger charge is -2.21. The minimum Gasteiger partial charge on any atom is -0.381 e. The van der Waals surface area contributed by atoms with E-state index in [0.717, 1.165) is 49.5 Å². The van der Waals surface area contributed by atoms with Gasteiger partial charge in [-0.2, -0.15) is 4.37 Å². The molecule has 0 saturated carbocycles. The van der Waals surface area contributed by atoms with Crippen LogP contribution in [0.5, 0.6) is 0 Å². The van der Waals surface area contributed by atoms with Crippen molar-refractivity contribution in [3.8, 4) is 0 Å². The molecule has 1 saturated heterocycles. The van der Waals surface area contributed by atoms with Crippen LogP contribution in [-0.4, -0.2) is 29.1 Å². The smallest absolute Gasteiger partial charge is 0.202 e. The first-order valence-corrected chi connectivity index (χ1v) is 5.74. The summed E-state index contributed by atoms with van der Waals surface area (Å²) in [5, 5.41) is 4.26. The van der Waals surface area contributed by atoms with Crippen molar-refractivity contribution in [2.24, 2.45) is 5.92 Å². The van der Waals surface area contributed by atoms with Gasteiger partial charge in [-0.25, -0.2) is 4.98 Å².